The summed E-state index contributed by atoms with van der Waals surface area (Å²) in [5.74, 6) is 0.289. The second kappa shape index (κ2) is 13.0. The minimum Gasteiger partial charge on any atom is -0.469 e. The molecule has 0 bridgehead atoms. The summed E-state index contributed by atoms with van der Waals surface area (Å²) in [7, 11) is 1.32. The fourth-order valence-corrected chi connectivity index (χ4v) is 5.15. The average molecular weight is 560 g/mol. The lowest BCUT2D eigenvalue weighted by molar-refractivity contribution is -0.140. The van der Waals surface area contributed by atoms with Gasteiger partial charge in [-0.05, 0) is 35.7 Å². The van der Waals surface area contributed by atoms with E-state index in [2.05, 4.69) is 63.2 Å². The molecule has 1 amide bonds. The molecule has 0 unspecified atom stereocenters. The number of hydrogen-bond acceptors (Lipinski definition) is 5. The maximum atomic E-state index is 12.8. The summed E-state index contributed by atoms with van der Waals surface area (Å²) < 4.78 is 6.84. The van der Waals surface area contributed by atoms with Crippen LogP contribution >= 0.6 is 0 Å². The Bertz CT molecular complexity index is 1660. The monoisotopic (exact) mass is 559 g/mol. The van der Waals surface area contributed by atoms with Gasteiger partial charge >= 0.3 is 5.97 Å². The van der Waals surface area contributed by atoms with Crippen molar-refractivity contribution >= 4 is 28.7 Å². The number of aryl methyl sites for hydroxylation is 1. The summed E-state index contributed by atoms with van der Waals surface area (Å²) in [5, 5.41) is 10.5. The number of hydrogen-bond donors (Lipinski definition) is 3. The molecule has 5 aromatic rings. The number of aromatic nitrogens is 2. The van der Waals surface area contributed by atoms with Crippen LogP contribution in [0.15, 0.2) is 103 Å². The Balaban J connectivity index is 1.50. The molecule has 212 valence electrons. The number of rotatable bonds is 11. The predicted octanol–water partition coefficient (Wildman–Crippen LogP) is 5.50. The molecule has 0 aliphatic heterocycles. The third-order valence-electron chi connectivity index (χ3n) is 7.35. The quantitative estimate of drug-likeness (QED) is 0.112. The van der Waals surface area contributed by atoms with E-state index in [0.29, 0.717) is 23.2 Å². The van der Waals surface area contributed by atoms with Crippen LogP contribution in [0.3, 0.4) is 0 Å². The normalized spacial score (nSPS) is 11.0. The smallest absolute Gasteiger partial charge is 0.307 e. The maximum Gasteiger partial charge on any atom is 0.307 e. The number of amidine groups is 1. The van der Waals surface area contributed by atoms with Crippen LogP contribution in [-0.2, 0) is 16.1 Å². The number of carbonyl (C=O) groups is 2. The van der Waals surface area contributed by atoms with Crippen molar-refractivity contribution in [1.29, 1.82) is 5.41 Å². The Labute approximate surface area is 244 Å². The Morgan fingerprint density at radius 2 is 1.52 bits per heavy atom. The number of nitrogens with zero attached hydrogens (tertiary/aromatic N) is 2. The molecule has 42 heavy (non-hydrogen) atoms. The highest BCUT2D eigenvalue weighted by atomic mass is 16.5. The molecule has 0 saturated heterocycles. The summed E-state index contributed by atoms with van der Waals surface area (Å²) in [5.41, 5.74) is 11.8. The van der Waals surface area contributed by atoms with Crippen LogP contribution in [0.5, 0.6) is 0 Å². The van der Waals surface area contributed by atoms with Gasteiger partial charge < -0.3 is 20.4 Å². The number of methoxy groups -OCH3 is 1. The van der Waals surface area contributed by atoms with E-state index in [1.54, 1.807) is 12.1 Å². The first-order chi connectivity index (χ1) is 20.4. The van der Waals surface area contributed by atoms with Crippen LogP contribution < -0.4 is 11.1 Å². The Morgan fingerprint density at radius 1 is 0.905 bits per heavy atom. The van der Waals surface area contributed by atoms with Crippen molar-refractivity contribution in [2.45, 2.75) is 25.3 Å². The van der Waals surface area contributed by atoms with Crippen LogP contribution in [-0.4, -0.2) is 40.9 Å². The SMILES string of the molecule is COC(=O)CCNC(=O)c1ccc2c(c1)nc(-c1ccc(C(=N)N)cc1)n2CCC(c1ccccc1)c1ccccc1. The zero-order valence-electron chi connectivity index (χ0n) is 23.4. The molecule has 0 fully saturated rings. The molecule has 0 radical (unpaired) electrons. The van der Waals surface area contributed by atoms with Gasteiger partial charge in [-0.15, -0.1) is 0 Å². The number of esters is 1. The summed E-state index contributed by atoms with van der Waals surface area (Å²) >= 11 is 0. The number of fused-ring (bicyclic) bond motifs is 1. The molecule has 0 saturated carbocycles. The minimum absolute atomic E-state index is 0.00599. The molecular formula is C34H33N5O3. The van der Waals surface area contributed by atoms with Crippen LogP contribution in [0.4, 0.5) is 0 Å². The van der Waals surface area contributed by atoms with Crippen molar-refractivity contribution in [1.82, 2.24) is 14.9 Å². The molecule has 5 rings (SSSR count). The van der Waals surface area contributed by atoms with E-state index in [-0.39, 0.29) is 36.6 Å². The predicted molar refractivity (Wildman–Crippen MR) is 164 cm³/mol. The molecule has 8 nitrogen and oxygen atoms in total. The first kappa shape index (κ1) is 28.3. The molecule has 0 aliphatic rings. The zero-order valence-corrected chi connectivity index (χ0v) is 23.4. The highest BCUT2D eigenvalue weighted by Crippen LogP contribution is 2.32. The molecule has 0 aliphatic carbocycles. The van der Waals surface area contributed by atoms with Crippen LogP contribution in [0.1, 0.15) is 45.8 Å². The topological polar surface area (TPSA) is 123 Å². The Kier molecular flexibility index (Phi) is 8.72. The number of imidazole rings is 1. The molecule has 0 spiro atoms. The highest BCUT2D eigenvalue weighted by Gasteiger charge is 2.19. The fraction of sp³-hybridized carbons (Fsp3) is 0.176. The first-order valence-corrected chi connectivity index (χ1v) is 13.8. The number of ether oxygens (including phenoxy) is 1. The van der Waals surface area contributed by atoms with Crippen molar-refractivity contribution in [2.24, 2.45) is 5.73 Å². The Morgan fingerprint density at radius 3 is 2.12 bits per heavy atom. The number of nitrogens with one attached hydrogen (secondary N) is 2. The third-order valence-corrected chi connectivity index (χ3v) is 7.35. The lowest BCUT2D eigenvalue weighted by atomic mass is 9.88. The number of benzene rings is 4. The third kappa shape index (κ3) is 6.39. The van der Waals surface area contributed by atoms with Gasteiger partial charge in [0.1, 0.15) is 11.7 Å². The van der Waals surface area contributed by atoms with Gasteiger partial charge in [0.2, 0.25) is 0 Å². The number of amides is 1. The summed E-state index contributed by atoms with van der Waals surface area (Å²) in [6, 6.07) is 33.9. The Hall–Kier alpha value is -5.24. The molecule has 8 heteroatoms. The van der Waals surface area contributed by atoms with Crippen LogP contribution in [0.2, 0.25) is 0 Å². The maximum absolute atomic E-state index is 12.8. The van der Waals surface area contributed by atoms with Gasteiger partial charge in [-0.25, -0.2) is 4.98 Å². The zero-order chi connectivity index (χ0) is 29.5. The molecule has 4 N–H and O–H groups in total. The molecular weight excluding hydrogens is 526 g/mol. The van der Waals surface area contributed by atoms with Crippen molar-refractivity contribution in [3.05, 3.63) is 125 Å². The molecule has 4 aromatic carbocycles. The van der Waals surface area contributed by atoms with Crippen molar-refractivity contribution in [3.8, 4) is 11.4 Å². The summed E-state index contributed by atoms with van der Waals surface area (Å²) in [4.78, 5) is 29.2. The van der Waals surface area contributed by atoms with E-state index in [0.717, 1.165) is 23.3 Å². The van der Waals surface area contributed by atoms with E-state index < -0.39 is 0 Å². The second-order valence-electron chi connectivity index (χ2n) is 10.0. The van der Waals surface area contributed by atoms with E-state index in [9.17, 15) is 9.59 Å². The molecule has 1 heterocycles. The van der Waals surface area contributed by atoms with Crippen molar-refractivity contribution < 1.29 is 14.3 Å². The van der Waals surface area contributed by atoms with Gasteiger partial charge in [0.25, 0.3) is 5.91 Å². The standard InChI is InChI=1S/C34H33N5O3/c1-42-31(40)18-20-37-34(41)27-16-17-30-29(22-27)38-33(26-14-12-25(13-15-26)32(35)36)39(30)21-19-28(23-8-4-2-5-9-23)24-10-6-3-7-11-24/h2-17,22,28H,18-21H2,1H3,(H3,35,36)(H,37,41). The lowest BCUT2D eigenvalue weighted by Crippen LogP contribution is -2.26. The van der Waals surface area contributed by atoms with Crippen molar-refractivity contribution in [2.75, 3.05) is 13.7 Å². The molecule has 0 atom stereocenters. The average Bonchev–Trinajstić information content (AvgIpc) is 3.39. The number of carbonyl (C=O) groups excluding carboxylic acids is 2. The van der Waals surface area contributed by atoms with E-state index in [1.807, 2.05) is 42.5 Å². The van der Waals surface area contributed by atoms with Crippen LogP contribution in [0.25, 0.3) is 22.4 Å². The van der Waals surface area contributed by atoms with Gasteiger partial charge in [-0.3, -0.25) is 15.0 Å². The number of nitrogens with two attached hydrogens (primary N) is 1. The lowest BCUT2D eigenvalue weighted by Gasteiger charge is -2.20. The van der Waals surface area contributed by atoms with Gasteiger partial charge in [0.15, 0.2) is 0 Å². The van der Waals surface area contributed by atoms with E-state index >= 15 is 0 Å². The second-order valence-corrected chi connectivity index (χ2v) is 10.0. The van der Waals surface area contributed by atoms with Gasteiger partial charge in [-0.1, -0.05) is 84.9 Å². The van der Waals surface area contributed by atoms with Crippen LogP contribution in [0, 0.1) is 5.41 Å². The van der Waals surface area contributed by atoms with Crippen molar-refractivity contribution in [3.63, 3.8) is 0 Å². The van der Waals surface area contributed by atoms with E-state index in [4.69, 9.17) is 16.1 Å². The van der Waals surface area contributed by atoms with E-state index in [1.165, 1.54) is 18.2 Å². The van der Waals surface area contributed by atoms with Gasteiger partial charge in [-0.2, -0.15) is 0 Å². The summed E-state index contributed by atoms with van der Waals surface area (Å²) in [6.07, 6.45) is 0.928. The molecule has 1 aromatic heterocycles. The first-order valence-electron chi connectivity index (χ1n) is 13.8. The largest absolute Gasteiger partial charge is 0.469 e. The summed E-state index contributed by atoms with van der Waals surface area (Å²) in [6.45, 7) is 0.867. The fourth-order valence-electron chi connectivity index (χ4n) is 5.15. The minimum atomic E-state index is -0.380. The van der Waals surface area contributed by atoms with Gasteiger partial charge in [0, 0.05) is 35.7 Å². The number of nitrogen functional groups attached to an aromatic ring is 1. The van der Waals surface area contributed by atoms with Gasteiger partial charge in [0.05, 0.1) is 24.6 Å². The highest BCUT2D eigenvalue weighted by molar-refractivity contribution is 5.98.